The van der Waals surface area contributed by atoms with Crippen molar-refractivity contribution in [3.05, 3.63) is 53.2 Å². The van der Waals surface area contributed by atoms with E-state index in [9.17, 15) is 0 Å². The minimum absolute atomic E-state index is 0.125. The Balaban J connectivity index is 2.17. The molecule has 1 aromatic heterocycles. The number of benzene rings is 1. The quantitative estimate of drug-likeness (QED) is 0.788. The highest BCUT2D eigenvalue weighted by molar-refractivity contribution is 7.80. The van der Waals surface area contributed by atoms with E-state index in [0.717, 1.165) is 0 Å². The summed E-state index contributed by atoms with van der Waals surface area (Å²) in [5.74, 6) is 1.66. The molecule has 4 nitrogen and oxygen atoms in total. The second-order valence-corrected chi connectivity index (χ2v) is 6.64. The first kappa shape index (κ1) is 18.2. The van der Waals surface area contributed by atoms with Crippen molar-refractivity contribution in [2.24, 2.45) is 5.92 Å². The van der Waals surface area contributed by atoms with Gasteiger partial charge in [-0.1, -0.05) is 37.6 Å². The molecule has 0 aliphatic carbocycles. The zero-order valence-electron chi connectivity index (χ0n) is 14.9. The van der Waals surface area contributed by atoms with Crippen LogP contribution in [0, 0.1) is 19.8 Å². The first-order valence-electron chi connectivity index (χ1n) is 8.06. The summed E-state index contributed by atoms with van der Waals surface area (Å²) in [6.07, 6.45) is 1.71. The Bertz CT molecular complexity index is 716. The van der Waals surface area contributed by atoms with E-state index < -0.39 is 0 Å². The van der Waals surface area contributed by atoms with Crippen molar-refractivity contribution in [1.82, 2.24) is 10.3 Å². The number of anilines is 1. The van der Waals surface area contributed by atoms with Crippen molar-refractivity contribution >= 4 is 23.1 Å². The lowest BCUT2D eigenvalue weighted by Gasteiger charge is -2.26. The van der Waals surface area contributed by atoms with Crippen molar-refractivity contribution < 1.29 is 4.74 Å². The molecular formula is C19H25N3OS. The van der Waals surface area contributed by atoms with Gasteiger partial charge >= 0.3 is 0 Å². The standard InChI is InChI=1S/C19H25N3OS/c1-12(2)17(15-9-8-13(3)11-14(15)4)21-19(24)22-18-16(23-5)7-6-10-20-18/h6-12,17H,1-5H3,(H2,20,21,22,24)/t17-/m1/s1. The average Bonchev–Trinajstić information content (AvgIpc) is 2.53. The molecule has 0 saturated carbocycles. The molecule has 2 rings (SSSR count). The van der Waals surface area contributed by atoms with E-state index in [4.69, 9.17) is 17.0 Å². The summed E-state index contributed by atoms with van der Waals surface area (Å²) in [5.41, 5.74) is 3.78. The molecule has 0 aliphatic heterocycles. The number of pyridine rings is 1. The van der Waals surface area contributed by atoms with Crippen LogP contribution in [0.3, 0.4) is 0 Å². The number of aromatic nitrogens is 1. The Hall–Kier alpha value is -2.14. The summed E-state index contributed by atoms with van der Waals surface area (Å²) >= 11 is 5.49. The van der Waals surface area contributed by atoms with Crippen LogP contribution in [0.2, 0.25) is 0 Å². The molecule has 1 atom stereocenters. The minimum atomic E-state index is 0.125. The Labute approximate surface area is 149 Å². The van der Waals surface area contributed by atoms with Gasteiger partial charge in [0.05, 0.1) is 13.2 Å². The predicted octanol–water partition coefficient (Wildman–Crippen LogP) is 4.39. The largest absolute Gasteiger partial charge is 0.493 e. The summed E-state index contributed by atoms with van der Waals surface area (Å²) in [6, 6.07) is 10.3. The molecule has 0 unspecified atom stereocenters. The lowest BCUT2D eigenvalue weighted by molar-refractivity contribution is 0.415. The van der Waals surface area contributed by atoms with Crippen molar-refractivity contribution in [3.8, 4) is 5.75 Å². The Kier molecular flexibility index (Phi) is 6.15. The molecule has 0 fully saturated rings. The van der Waals surface area contributed by atoms with E-state index in [1.807, 2.05) is 12.1 Å². The van der Waals surface area contributed by atoms with E-state index in [0.29, 0.717) is 22.6 Å². The number of rotatable bonds is 5. The molecule has 0 bridgehead atoms. The molecule has 5 heteroatoms. The van der Waals surface area contributed by atoms with Crippen molar-refractivity contribution in [3.63, 3.8) is 0 Å². The number of ether oxygens (including phenoxy) is 1. The third kappa shape index (κ3) is 4.45. The van der Waals surface area contributed by atoms with Crippen LogP contribution >= 0.6 is 12.2 Å². The van der Waals surface area contributed by atoms with Crippen LogP contribution in [-0.4, -0.2) is 17.2 Å². The molecular weight excluding hydrogens is 318 g/mol. The van der Waals surface area contributed by atoms with Crippen molar-refractivity contribution in [1.29, 1.82) is 0 Å². The van der Waals surface area contributed by atoms with Crippen LogP contribution < -0.4 is 15.4 Å². The summed E-state index contributed by atoms with van der Waals surface area (Å²) in [7, 11) is 1.62. The van der Waals surface area contributed by atoms with E-state index >= 15 is 0 Å². The van der Waals surface area contributed by atoms with E-state index in [2.05, 4.69) is 61.5 Å². The minimum Gasteiger partial charge on any atom is -0.493 e. The number of hydrogen-bond donors (Lipinski definition) is 2. The number of methoxy groups -OCH3 is 1. The fourth-order valence-corrected chi connectivity index (χ4v) is 2.94. The van der Waals surface area contributed by atoms with Gasteiger partial charge in [0.2, 0.25) is 0 Å². The van der Waals surface area contributed by atoms with Gasteiger partial charge in [0.15, 0.2) is 16.7 Å². The lowest BCUT2D eigenvalue weighted by atomic mass is 9.92. The third-order valence-corrected chi connectivity index (χ3v) is 4.16. The van der Waals surface area contributed by atoms with Gasteiger partial charge in [-0.2, -0.15) is 0 Å². The van der Waals surface area contributed by atoms with Crippen molar-refractivity contribution in [2.45, 2.75) is 33.7 Å². The fourth-order valence-electron chi connectivity index (χ4n) is 2.71. The smallest absolute Gasteiger partial charge is 0.174 e. The Morgan fingerprint density at radius 3 is 2.58 bits per heavy atom. The van der Waals surface area contributed by atoms with Crippen LogP contribution in [0.4, 0.5) is 5.82 Å². The second-order valence-electron chi connectivity index (χ2n) is 6.23. The molecule has 1 heterocycles. The highest BCUT2D eigenvalue weighted by Crippen LogP contribution is 2.26. The average molecular weight is 343 g/mol. The Morgan fingerprint density at radius 2 is 1.96 bits per heavy atom. The zero-order valence-corrected chi connectivity index (χ0v) is 15.7. The van der Waals surface area contributed by atoms with Crippen LogP contribution in [0.25, 0.3) is 0 Å². The normalized spacial score (nSPS) is 11.9. The molecule has 0 amide bonds. The van der Waals surface area contributed by atoms with E-state index in [1.54, 1.807) is 13.3 Å². The number of aryl methyl sites for hydroxylation is 2. The first-order valence-corrected chi connectivity index (χ1v) is 8.47. The maximum atomic E-state index is 5.49. The highest BCUT2D eigenvalue weighted by Gasteiger charge is 2.19. The summed E-state index contributed by atoms with van der Waals surface area (Å²) in [5, 5.41) is 7.08. The van der Waals surface area contributed by atoms with Gasteiger partial charge in [-0.25, -0.2) is 4.98 Å². The molecule has 2 aromatic rings. The van der Waals surface area contributed by atoms with Crippen LogP contribution in [0.5, 0.6) is 5.75 Å². The molecule has 128 valence electrons. The molecule has 0 radical (unpaired) electrons. The maximum absolute atomic E-state index is 5.49. The maximum Gasteiger partial charge on any atom is 0.174 e. The summed E-state index contributed by atoms with van der Waals surface area (Å²) in [4.78, 5) is 4.28. The van der Waals surface area contributed by atoms with Gasteiger partial charge in [0, 0.05) is 6.20 Å². The number of nitrogens with zero attached hydrogens (tertiary/aromatic N) is 1. The zero-order chi connectivity index (χ0) is 17.7. The highest BCUT2D eigenvalue weighted by atomic mass is 32.1. The molecule has 0 aliphatic rings. The summed E-state index contributed by atoms with van der Waals surface area (Å²) < 4.78 is 5.30. The van der Waals surface area contributed by atoms with Crippen LogP contribution in [0.1, 0.15) is 36.6 Å². The van der Waals surface area contributed by atoms with Crippen LogP contribution in [-0.2, 0) is 0 Å². The SMILES string of the molecule is COc1cccnc1NC(=S)N[C@@H](c1ccc(C)cc1C)C(C)C. The third-order valence-electron chi connectivity index (χ3n) is 3.94. The molecule has 0 saturated heterocycles. The van der Waals surface area contributed by atoms with Crippen LogP contribution in [0.15, 0.2) is 36.5 Å². The second kappa shape index (κ2) is 8.11. The number of nitrogens with one attached hydrogen (secondary N) is 2. The lowest BCUT2D eigenvalue weighted by Crippen LogP contribution is -2.35. The van der Waals surface area contributed by atoms with Gasteiger partial charge in [-0.3, -0.25) is 0 Å². The summed E-state index contributed by atoms with van der Waals surface area (Å²) in [6.45, 7) is 8.60. The fraction of sp³-hybridized carbons (Fsp3) is 0.368. The van der Waals surface area contributed by atoms with Gasteiger partial charge < -0.3 is 15.4 Å². The Morgan fingerprint density at radius 1 is 1.21 bits per heavy atom. The monoisotopic (exact) mass is 343 g/mol. The topological polar surface area (TPSA) is 46.2 Å². The molecule has 1 aromatic carbocycles. The van der Waals surface area contributed by atoms with E-state index in [-0.39, 0.29) is 6.04 Å². The van der Waals surface area contributed by atoms with Gasteiger partial charge in [-0.05, 0) is 55.2 Å². The van der Waals surface area contributed by atoms with E-state index in [1.165, 1.54) is 16.7 Å². The first-order chi connectivity index (χ1) is 11.4. The van der Waals surface area contributed by atoms with Crippen molar-refractivity contribution in [2.75, 3.05) is 12.4 Å². The van der Waals surface area contributed by atoms with Gasteiger partial charge in [0.25, 0.3) is 0 Å². The molecule has 2 N–H and O–H groups in total. The molecule has 0 spiro atoms. The molecule has 24 heavy (non-hydrogen) atoms. The van der Waals surface area contributed by atoms with Gasteiger partial charge in [0.1, 0.15) is 0 Å². The number of thiocarbonyl (C=S) groups is 1. The predicted molar refractivity (Wildman–Crippen MR) is 104 cm³/mol. The number of hydrogen-bond acceptors (Lipinski definition) is 3. The van der Waals surface area contributed by atoms with Gasteiger partial charge in [-0.15, -0.1) is 0 Å².